The third kappa shape index (κ3) is 4.09. The van der Waals surface area contributed by atoms with Gasteiger partial charge in [-0.3, -0.25) is 4.79 Å². The van der Waals surface area contributed by atoms with Gasteiger partial charge in [0.15, 0.2) is 5.78 Å². The lowest BCUT2D eigenvalue weighted by molar-refractivity contribution is 0.102. The first-order valence-electron chi connectivity index (χ1n) is 7.75. The lowest BCUT2D eigenvalue weighted by Gasteiger charge is -2.05. The average Bonchev–Trinajstić information content (AvgIpc) is 2.60. The maximum Gasteiger partial charge on any atom is 0.173 e. The molecule has 0 bridgehead atoms. The topological polar surface area (TPSA) is 42.9 Å². The van der Waals surface area contributed by atoms with E-state index in [1.165, 1.54) is 11.8 Å². The highest BCUT2D eigenvalue weighted by Gasteiger charge is 2.08. The van der Waals surface area contributed by atoms with E-state index in [2.05, 4.69) is 22.1 Å². The van der Waals surface area contributed by atoms with Crippen molar-refractivity contribution < 1.29 is 4.79 Å². The van der Waals surface area contributed by atoms with E-state index in [9.17, 15) is 4.79 Å². The van der Waals surface area contributed by atoms with E-state index in [1.54, 1.807) is 0 Å². The highest BCUT2D eigenvalue weighted by Crippen LogP contribution is 2.21. The van der Waals surface area contributed by atoms with Crippen molar-refractivity contribution in [2.24, 2.45) is 0 Å². The zero-order valence-electron chi connectivity index (χ0n) is 13.7. The van der Waals surface area contributed by atoms with E-state index in [0.717, 1.165) is 33.2 Å². The number of hydrogen-bond acceptors (Lipinski definition) is 4. The molecule has 3 rings (SSSR count). The summed E-state index contributed by atoms with van der Waals surface area (Å²) in [5, 5.41) is 0.842. The Morgan fingerprint density at radius 1 is 0.917 bits per heavy atom. The Bertz CT molecular complexity index is 825. The molecule has 0 saturated heterocycles. The molecule has 0 aliphatic heterocycles. The van der Waals surface area contributed by atoms with Crippen LogP contribution < -0.4 is 0 Å². The summed E-state index contributed by atoms with van der Waals surface area (Å²) in [5.74, 6) is 1.21. The van der Waals surface area contributed by atoms with Crippen LogP contribution in [0.15, 0.2) is 65.7 Å². The van der Waals surface area contributed by atoms with Crippen molar-refractivity contribution in [3.63, 3.8) is 0 Å². The Morgan fingerprint density at radius 3 is 2.25 bits per heavy atom. The molecule has 0 aliphatic rings. The number of nitrogens with zero attached hydrogens (tertiary/aromatic N) is 2. The zero-order chi connectivity index (χ0) is 16.9. The monoisotopic (exact) mass is 334 g/mol. The van der Waals surface area contributed by atoms with Crippen LogP contribution in [-0.4, -0.2) is 21.5 Å². The maximum atomic E-state index is 12.4. The fourth-order valence-electron chi connectivity index (χ4n) is 2.46. The van der Waals surface area contributed by atoms with E-state index < -0.39 is 0 Å². The minimum Gasteiger partial charge on any atom is -0.293 e. The lowest BCUT2D eigenvalue weighted by atomic mass is 10.0. The summed E-state index contributed by atoms with van der Waals surface area (Å²) in [6.45, 7) is 3.80. The van der Waals surface area contributed by atoms with Gasteiger partial charge in [-0.1, -0.05) is 66.4 Å². The Morgan fingerprint density at radius 2 is 1.58 bits per heavy atom. The summed E-state index contributed by atoms with van der Waals surface area (Å²) in [5.41, 5.74) is 3.91. The number of hydrogen-bond donors (Lipinski definition) is 0. The summed E-state index contributed by atoms with van der Waals surface area (Å²) in [6, 6.07) is 19.8. The first kappa shape index (κ1) is 16.4. The van der Waals surface area contributed by atoms with Crippen LogP contribution in [0.3, 0.4) is 0 Å². The van der Waals surface area contributed by atoms with Crippen molar-refractivity contribution in [1.29, 1.82) is 0 Å². The number of aryl methyl sites for hydroxylation is 2. The van der Waals surface area contributed by atoms with Crippen LogP contribution in [0.4, 0.5) is 0 Å². The first-order chi connectivity index (χ1) is 11.6. The van der Waals surface area contributed by atoms with Gasteiger partial charge in [0.1, 0.15) is 10.9 Å². The third-order valence-electron chi connectivity index (χ3n) is 3.61. The number of aromatic nitrogens is 2. The van der Waals surface area contributed by atoms with Crippen LogP contribution >= 0.6 is 11.8 Å². The Labute approximate surface area is 146 Å². The molecule has 24 heavy (non-hydrogen) atoms. The molecule has 0 fully saturated rings. The number of carbonyl (C=O) groups is 1. The van der Waals surface area contributed by atoms with Crippen LogP contribution in [0.5, 0.6) is 0 Å². The van der Waals surface area contributed by atoms with Gasteiger partial charge >= 0.3 is 0 Å². The second kappa shape index (κ2) is 7.41. The summed E-state index contributed by atoms with van der Waals surface area (Å²) in [7, 11) is 0. The minimum absolute atomic E-state index is 0.105. The summed E-state index contributed by atoms with van der Waals surface area (Å²) in [4.78, 5) is 21.0. The van der Waals surface area contributed by atoms with E-state index in [1.807, 2.05) is 62.4 Å². The molecule has 3 aromatic rings. The molecule has 4 heteroatoms. The summed E-state index contributed by atoms with van der Waals surface area (Å²) in [6.07, 6.45) is 0. The zero-order valence-corrected chi connectivity index (χ0v) is 14.5. The Kier molecular flexibility index (Phi) is 5.06. The number of benzene rings is 2. The SMILES string of the molecule is Cc1cc(SCC(=O)c2ccc(-c3ccccc3)cc2)nc(C)n1. The fraction of sp³-hybridized carbons (Fsp3) is 0.150. The summed E-state index contributed by atoms with van der Waals surface area (Å²) < 4.78 is 0. The standard InChI is InChI=1S/C20H18N2OS/c1-14-12-20(22-15(2)21-14)24-13-19(23)18-10-8-17(9-11-18)16-6-4-3-5-7-16/h3-12H,13H2,1-2H3. The number of ketones is 1. The van der Waals surface area contributed by atoms with Crippen molar-refractivity contribution in [3.05, 3.63) is 77.7 Å². The molecule has 0 spiro atoms. The minimum atomic E-state index is 0.105. The highest BCUT2D eigenvalue weighted by molar-refractivity contribution is 7.99. The van der Waals surface area contributed by atoms with Gasteiger partial charge in [0.05, 0.1) is 5.75 Å². The van der Waals surface area contributed by atoms with E-state index in [4.69, 9.17) is 0 Å². The first-order valence-corrected chi connectivity index (χ1v) is 8.74. The van der Waals surface area contributed by atoms with E-state index in [0.29, 0.717) is 5.75 Å². The quantitative estimate of drug-likeness (QED) is 0.384. The smallest absolute Gasteiger partial charge is 0.173 e. The molecule has 1 aromatic heterocycles. The second-order valence-corrected chi connectivity index (χ2v) is 6.55. The molecule has 2 aromatic carbocycles. The largest absolute Gasteiger partial charge is 0.293 e. The van der Waals surface area contributed by atoms with Crippen molar-refractivity contribution in [1.82, 2.24) is 9.97 Å². The molecule has 0 radical (unpaired) electrons. The molecule has 3 nitrogen and oxygen atoms in total. The molecule has 120 valence electrons. The van der Waals surface area contributed by atoms with Crippen molar-refractivity contribution in [3.8, 4) is 11.1 Å². The number of thioether (sulfide) groups is 1. The van der Waals surface area contributed by atoms with Crippen molar-refractivity contribution in [2.45, 2.75) is 18.9 Å². The van der Waals surface area contributed by atoms with Gasteiger partial charge < -0.3 is 0 Å². The van der Waals surface area contributed by atoms with Gasteiger partial charge in [-0.15, -0.1) is 0 Å². The van der Waals surface area contributed by atoms with Gasteiger partial charge in [-0.2, -0.15) is 0 Å². The van der Waals surface area contributed by atoms with Gasteiger partial charge in [0.25, 0.3) is 0 Å². The molecule has 0 amide bonds. The predicted octanol–water partition coefficient (Wildman–Crippen LogP) is 4.74. The van der Waals surface area contributed by atoms with Gasteiger partial charge in [-0.05, 0) is 31.0 Å². The fourth-order valence-corrected chi connectivity index (χ4v) is 3.36. The average molecular weight is 334 g/mol. The molecule has 0 unspecified atom stereocenters. The van der Waals surface area contributed by atoms with Crippen LogP contribution in [0.2, 0.25) is 0 Å². The Balaban J connectivity index is 1.67. The molecule has 1 heterocycles. The molecule has 0 saturated carbocycles. The van der Waals surface area contributed by atoms with Crippen LogP contribution in [0.1, 0.15) is 21.9 Å². The summed E-state index contributed by atoms with van der Waals surface area (Å²) >= 11 is 1.45. The maximum absolute atomic E-state index is 12.4. The van der Waals surface area contributed by atoms with Gasteiger partial charge in [-0.25, -0.2) is 9.97 Å². The third-order valence-corrected chi connectivity index (χ3v) is 4.52. The number of carbonyl (C=O) groups excluding carboxylic acids is 1. The highest BCUT2D eigenvalue weighted by atomic mass is 32.2. The Hall–Kier alpha value is -2.46. The van der Waals surface area contributed by atoms with Gasteiger partial charge in [0.2, 0.25) is 0 Å². The van der Waals surface area contributed by atoms with Crippen LogP contribution in [-0.2, 0) is 0 Å². The normalized spacial score (nSPS) is 10.6. The molecular formula is C20H18N2OS. The second-order valence-electron chi connectivity index (χ2n) is 5.55. The van der Waals surface area contributed by atoms with E-state index in [-0.39, 0.29) is 5.78 Å². The molecule has 0 N–H and O–H groups in total. The molecule has 0 aliphatic carbocycles. The number of rotatable bonds is 5. The van der Waals surface area contributed by atoms with Crippen molar-refractivity contribution in [2.75, 3.05) is 5.75 Å². The number of Topliss-reactive ketones (excluding diaryl/α,β-unsaturated/α-hetero) is 1. The lowest BCUT2D eigenvalue weighted by Crippen LogP contribution is -2.03. The molecular weight excluding hydrogens is 316 g/mol. The van der Waals surface area contributed by atoms with Crippen LogP contribution in [0, 0.1) is 13.8 Å². The van der Waals surface area contributed by atoms with Crippen LogP contribution in [0.25, 0.3) is 11.1 Å². The van der Waals surface area contributed by atoms with Gasteiger partial charge in [0, 0.05) is 11.3 Å². The molecule has 0 atom stereocenters. The van der Waals surface area contributed by atoms with E-state index >= 15 is 0 Å². The predicted molar refractivity (Wildman–Crippen MR) is 98.4 cm³/mol. The van der Waals surface area contributed by atoms with Crippen molar-refractivity contribution >= 4 is 17.5 Å².